The lowest BCUT2D eigenvalue weighted by Gasteiger charge is -2.10. The molecule has 1 N–H and O–H groups in total. The zero-order chi connectivity index (χ0) is 15.2. The third kappa shape index (κ3) is 4.54. The first-order valence-electron chi connectivity index (χ1n) is 6.28. The summed E-state index contributed by atoms with van der Waals surface area (Å²) in [6, 6.07) is 13.9. The fourth-order valence-corrected chi connectivity index (χ4v) is 1.83. The number of nitro benzene ring substituents is 1. The van der Waals surface area contributed by atoms with Crippen molar-refractivity contribution < 1.29 is 9.66 Å². The van der Waals surface area contributed by atoms with Gasteiger partial charge in [-0.3, -0.25) is 10.1 Å². The van der Waals surface area contributed by atoms with Crippen molar-refractivity contribution in [1.82, 2.24) is 0 Å². The van der Waals surface area contributed by atoms with Gasteiger partial charge in [0.15, 0.2) is 0 Å². The predicted octanol–water partition coefficient (Wildman–Crippen LogP) is 3.82. The molecule has 0 radical (unpaired) electrons. The zero-order valence-corrected chi connectivity index (χ0v) is 12.2. The summed E-state index contributed by atoms with van der Waals surface area (Å²) in [6.07, 6.45) is 0. The second-order valence-corrected chi connectivity index (χ2v) is 4.86. The fraction of sp³-hybridized carbons (Fsp3) is 0.133. The Bertz CT molecular complexity index is 639. The molecule has 0 aliphatic rings. The number of rotatable bonds is 4. The molecule has 2 aromatic carbocycles. The van der Waals surface area contributed by atoms with Crippen LogP contribution in [-0.2, 0) is 11.3 Å². The van der Waals surface area contributed by atoms with Gasteiger partial charge in [-0.25, -0.2) is 0 Å². The molecule has 0 unspecified atom stereocenters. The minimum Gasteiger partial charge on any atom is -0.466 e. The molecule has 2 rings (SSSR count). The van der Waals surface area contributed by atoms with E-state index in [4.69, 9.17) is 17.0 Å². The first-order chi connectivity index (χ1) is 10.0. The van der Waals surface area contributed by atoms with Crippen molar-refractivity contribution in [3.05, 3.63) is 69.8 Å². The summed E-state index contributed by atoms with van der Waals surface area (Å²) in [4.78, 5) is 10.1. The van der Waals surface area contributed by atoms with Gasteiger partial charge in [-0.05, 0) is 49.0 Å². The first-order valence-corrected chi connectivity index (χ1v) is 6.69. The topological polar surface area (TPSA) is 64.4 Å². The Labute approximate surface area is 127 Å². The molecule has 0 saturated carbocycles. The molecular formula is C15H14N2O3S. The molecule has 0 aromatic heterocycles. The predicted molar refractivity (Wildman–Crippen MR) is 85.3 cm³/mol. The van der Waals surface area contributed by atoms with Crippen LogP contribution < -0.4 is 5.32 Å². The van der Waals surface area contributed by atoms with Crippen molar-refractivity contribution in [1.29, 1.82) is 0 Å². The van der Waals surface area contributed by atoms with Gasteiger partial charge in [0.25, 0.3) is 10.9 Å². The molecule has 0 amide bonds. The highest BCUT2D eigenvalue weighted by molar-refractivity contribution is 7.80. The van der Waals surface area contributed by atoms with Crippen LogP contribution in [-0.4, -0.2) is 10.1 Å². The van der Waals surface area contributed by atoms with Crippen molar-refractivity contribution in [2.24, 2.45) is 0 Å². The molecule has 0 spiro atoms. The van der Waals surface area contributed by atoms with Gasteiger partial charge in [0, 0.05) is 17.8 Å². The molecule has 0 atom stereocenters. The Balaban J connectivity index is 1.86. The van der Waals surface area contributed by atoms with E-state index in [9.17, 15) is 10.1 Å². The van der Waals surface area contributed by atoms with Crippen molar-refractivity contribution >= 4 is 28.8 Å². The van der Waals surface area contributed by atoms with E-state index in [0.29, 0.717) is 0 Å². The summed E-state index contributed by atoms with van der Waals surface area (Å²) in [5.41, 5.74) is 2.89. The number of nitrogens with one attached hydrogen (secondary N) is 1. The number of anilines is 1. The summed E-state index contributed by atoms with van der Waals surface area (Å²) in [7, 11) is 0. The van der Waals surface area contributed by atoms with E-state index in [2.05, 4.69) is 5.32 Å². The van der Waals surface area contributed by atoms with Gasteiger partial charge in [0.1, 0.15) is 6.61 Å². The number of hydrogen-bond donors (Lipinski definition) is 1. The van der Waals surface area contributed by atoms with E-state index in [1.807, 2.05) is 31.2 Å². The second kappa shape index (κ2) is 6.81. The maximum Gasteiger partial charge on any atom is 0.269 e. The number of hydrogen-bond acceptors (Lipinski definition) is 4. The number of benzene rings is 2. The highest BCUT2D eigenvalue weighted by Crippen LogP contribution is 2.13. The summed E-state index contributed by atoms with van der Waals surface area (Å²) in [5, 5.41) is 13.8. The van der Waals surface area contributed by atoms with Crippen LogP contribution in [0.2, 0.25) is 0 Å². The van der Waals surface area contributed by atoms with Gasteiger partial charge >= 0.3 is 0 Å². The third-order valence-electron chi connectivity index (χ3n) is 2.82. The van der Waals surface area contributed by atoms with E-state index in [1.54, 1.807) is 12.1 Å². The Hall–Kier alpha value is -2.47. The highest BCUT2D eigenvalue weighted by Gasteiger charge is 2.05. The molecule has 2 aromatic rings. The molecule has 0 heterocycles. The van der Waals surface area contributed by atoms with Crippen LogP contribution in [0, 0.1) is 17.0 Å². The lowest BCUT2D eigenvalue weighted by Crippen LogP contribution is -2.13. The summed E-state index contributed by atoms with van der Waals surface area (Å²) >= 11 is 5.09. The molecule has 0 fully saturated rings. The van der Waals surface area contributed by atoms with Crippen molar-refractivity contribution in [3.63, 3.8) is 0 Å². The quantitative estimate of drug-likeness (QED) is 0.528. The number of nitro groups is 1. The largest absolute Gasteiger partial charge is 0.466 e. The number of ether oxygens (including phenoxy) is 1. The van der Waals surface area contributed by atoms with Gasteiger partial charge in [0.05, 0.1) is 4.92 Å². The van der Waals surface area contributed by atoms with Crippen LogP contribution in [0.25, 0.3) is 0 Å². The van der Waals surface area contributed by atoms with Gasteiger partial charge in [0.2, 0.25) is 0 Å². The summed E-state index contributed by atoms with van der Waals surface area (Å²) in [5.74, 6) is 0. The molecule has 5 nitrogen and oxygen atoms in total. The summed E-state index contributed by atoms with van der Waals surface area (Å²) < 4.78 is 5.41. The van der Waals surface area contributed by atoms with Crippen LogP contribution in [0.15, 0.2) is 48.5 Å². The van der Waals surface area contributed by atoms with Crippen molar-refractivity contribution in [2.45, 2.75) is 13.5 Å². The Morgan fingerprint density at radius 1 is 1.19 bits per heavy atom. The number of nitrogens with zero attached hydrogens (tertiary/aromatic N) is 1. The van der Waals surface area contributed by atoms with Crippen LogP contribution >= 0.6 is 12.2 Å². The summed E-state index contributed by atoms with van der Waals surface area (Å²) in [6.45, 7) is 2.27. The number of non-ortho nitro benzene ring substituents is 1. The van der Waals surface area contributed by atoms with Gasteiger partial charge in [-0.2, -0.15) is 0 Å². The third-order valence-corrected chi connectivity index (χ3v) is 3.03. The molecule has 6 heteroatoms. The Morgan fingerprint density at radius 2 is 1.81 bits per heavy atom. The van der Waals surface area contributed by atoms with Crippen LogP contribution in [0.4, 0.5) is 11.4 Å². The first kappa shape index (κ1) is 14.9. The lowest BCUT2D eigenvalue weighted by atomic mass is 10.2. The highest BCUT2D eigenvalue weighted by atomic mass is 32.1. The standard InChI is InChI=1S/C15H14N2O3S/c1-11-2-6-13(7-3-11)16-15(21)20-10-12-4-8-14(9-5-12)17(18)19/h2-9H,10H2,1H3,(H,16,21). The lowest BCUT2D eigenvalue weighted by molar-refractivity contribution is -0.384. The molecule has 108 valence electrons. The van der Waals surface area contributed by atoms with Crippen molar-refractivity contribution in [2.75, 3.05) is 5.32 Å². The van der Waals surface area contributed by atoms with Gasteiger partial charge in [-0.1, -0.05) is 17.7 Å². The SMILES string of the molecule is Cc1ccc(NC(=S)OCc2ccc([N+](=O)[O-])cc2)cc1. The Kier molecular flexibility index (Phi) is 4.84. The number of thiocarbonyl (C=S) groups is 1. The number of aryl methyl sites for hydroxylation is 1. The minimum atomic E-state index is -0.436. The molecular weight excluding hydrogens is 288 g/mol. The van der Waals surface area contributed by atoms with E-state index in [1.165, 1.54) is 17.7 Å². The van der Waals surface area contributed by atoms with Crippen LogP contribution in [0.3, 0.4) is 0 Å². The normalized spacial score (nSPS) is 9.95. The Morgan fingerprint density at radius 3 is 2.38 bits per heavy atom. The zero-order valence-electron chi connectivity index (χ0n) is 11.4. The molecule has 0 aliphatic carbocycles. The monoisotopic (exact) mass is 302 g/mol. The molecule has 0 aliphatic heterocycles. The maximum absolute atomic E-state index is 10.5. The van der Waals surface area contributed by atoms with E-state index >= 15 is 0 Å². The smallest absolute Gasteiger partial charge is 0.269 e. The fourth-order valence-electron chi connectivity index (χ4n) is 1.65. The van der Waals surface area contributed by atoms with Crippen LogP contribution in [0.5, 0.6) is 0 Å². The van der Waals surface area contributed by atoms with E-state index in [-0.39, 0.29) is 17.5 Å². The average Bonchev–Trinajstić information content (AvgIpc) is 2.48. The van der Waals surface area contributed by atoms with E-state index in [0.717, 1.165) is 11.3 Å². The minimum absolute atomic E-state index is 0.0547. The van der Waals surface area contributed by atoms with E-state index < -0.39 is 4.92 Å². The van der Waals surface area contributed by atoms with Crippen LogP contribution in [0.1, 0.15) is 11.1 Å². The van der Waals surface area contributed by atoms with Gasteiger partial charge in [-0.15, -0.1) is 0 Å². The van der Waals surface area contributed by atoms with Crippen molar-refractivity contribution in [3.8, 4) is 0 Å². The second-order valence-electron chi connectivity index (χ2n) is 4.49. The average molecular weight is 302 g/mol. The maximum atomic E-state index is 10.5. The molecule has 0 bridgehead atoms. The van der Waals surface area contributed by atoms with Gasteiger partial charge < -0.3 is 10.1 Å². The molecule has 0 saturated heterocycles. The molecule has 21 heavy (non-hydrogen) atoms.